The number of benzene rings is 1. The molecule has 0 saturated carbocycles. The molecule has 1 aromatic carbocycles. The van der Waals surface area contributed by atoms with Gasteiger partial charge in [0.25, 0.3) is 5.69 Å². The number of halogens is 1. The second-order valence-corrected chi connectivity index (χ2v) is 7.26. The smallest absolute Gasteiger partial charge is 0.274 e. The topological polar surface area (TPSA) is 110 Å². The first-order valence-corrected chi connectivity index (χ1v) is 8.86. The molecule has 3 atom stereocenters. The summed E-state index contributed by atoms with van der Waals surface area (Å²) < 4.78 is 0. The lowest BCUT2D eigenvalue weighted by Gasteiger charge is -2.22. The Morgan fingerprint density at radius 1 is 1.33 bits per heavy atom. The zero-order valence-corrected chi connectivity index (χ0v) is 15.5. The van der Waals surface area contributed by atoms with E-state index in [0.29, 0.717) is 23.4 Å². The highest BCUT2D eigenvalue weighted by Gasteiger charge is 2.51. The number of fused-ring (bicyclic) bond motifs is 1. The van der Waals surface area contributed by atoms with Crippen LogP contribution in [-0.4, -0.2) is 33.6 Å². The lowest BCUT2D eigenvalue weighted by atomic mass is 9.85. The van der Waals surface area contributed by atoms with Gasteiger partial charge in [0.15, 0.2) is 0 Å². The highest BCUT2D eigenvalue weighted by Crippen LogP contribution is 2.39. The standard InChI is InChI=1S/C18H18ClN3O5/c1-9-3-5-12(8-15(9)22(26)27)20-16(23)10(2)21-17(24)13-6-4-11(19)7-14(13)18(21)25/h3-5,8,10,13-14H,6-7H2,1-2H3,(H,20,23)/t10-,13+,14+/m0/s1. The van der Waals surface area contributed by atoms with Crippen LogP contribution in [0.2, 0.25) is 0 Å². The maximum atomic E-state index is 12.6. The van der Waals surface area contributed by atoms with Gasteiger partial charge in [0.05, 0.1) is 16.8 Å². The highest BCUT2D eigenvalue weighted by atomic mass is 35.5. The third kappa shape index (κ3) is 3.44. The maximum Gasteiger partial charge on any atom is 0.274 e. The van der Waals surface area contributed by atoms with Crippen molar-refractivity contribution < 1.29 is 19.3 Å². The average Bonchev–Trinajstić information content (AvgIpc) is 2.86. The summed E-state index contributed by atoms with van der Waals surface area (Å²) in [5.41, 5.74) is 0.565. The number of hydrogen-bond acceptors (Lipinski definition) is 5. The zero-order chi connectivity index (χ0) is 19.9. The summed E-state index contributed by atoms with van der Waals surface area (Å²) in [6, 6.07) is 3.27. The van der Waals surface area contributed by atoms with E-state index >= 15 is 0 Å². The van der Waals surface area contributed by atoms with Gasteiger partial charge < -0.3 is 5.32 Å². The molecule has 0 spiro atoms. The largest absolute Gasteiger partial charge is 0.324 e. The number of anilines is 1. The number of allylic oxidation sites excluding steroid dienone is 2. The molecule has 1 aliphatic carbocycles. The molecule has 27 heavy (non-hydrogen) atoms. The predicted molar refractivity (Wildman–Crippen MR) is 97.9 cm³/mol. The molecule has 3 amide bonds. The van der Waals surface area contributed by atoms with Gasteiger partial charge in [-0.2, -0.15) is 0 Å². The van der Waals surface area contributed by atoms with Crippen molar-refractivity contribution in [2.45, 2.75) is 32.7 Å². The van der Waals surface area contributed by atoms with E-state index in [4.69, 9.17) is 11.6 Å². The SMILES string of the molecule is Cc1ccc(NC(=O)[C@H](C)N2C(=O)[C@@H]3CC=C(Cl)C[C@H]3C2=O)cc1[N+](=O)[O-]. The number of carbonyl (C=O) groups is 3. The summed E-state index contributed by atoms with van der Waals surface area (Å²) in [7, 11) is 0. The lowest BCUT2D eigenvalue weighted by molar-refractivity contribution is -0.385. The lowest BCUT2D eigenvalue weighted by Crippen LogP contribution is -2.46. The molecule has 1 aliphatic heterocycles. The predicted octanol–water partition coefficient (Wildman–Crippen LogP) is 2.75. The second kappa shape index (κ2) is 7.11. The van der Waals surface area contributed by atoms with E-state index < -0.39 is 34.6 Å². The third-order valence-electron chi connectivity index (χ3n) is 5.04. The molecule has 1 fully saturated rings. The Morgan fingerprint density at radius 2 is 2.00 bits per heavy atom. The van der Waals surface area contributed by atoms with Gasteiger partial charge in [-0.1, -0.05) is 23.7 Å². The number of nitro groups is 1. The number of hydrogen-bond donors (Lipinski definition) is 1. The third-order valence-corrected chi connectivity index (χ3v) is 5.35. The zero-order valence-electron chi connectivity index (χ0n) is 14.8. The Balaban J connectivity index is 1.76. The van der Waals surface area contributed by atoms with Gasteiger partial charge in [0.1, 0.15) is 6.04 Å². The number of aryl methyl sites for hydroxylation is 1. The van der Waals surface area contributed by atoms with Gasteiger partial charge in [-0.15, -0.1) is 0 Å². The molecular formula is C18H18ClN3O5. The number of carbonyl (C=O) groups excluding carboxylic acids is 3. The van der Waals surface area contributed by atoms with Crippen LogP contribution < -0.4 is 5.32 Å². The van der Waals surface area contributed by atoms with Crippen LogP contribution >= 0.6 is 11.6 Å². The molecule has 2 aliphatic rings. The van der Waals surface area contributed by atoms with Crippen molar-refractivity contribution in [2.75, 3.05) is 5.32 Å². The van der Waals surface area contributed by atoms with Gasteiger partial charge >= 0.3 is 0 Å². The molecule has 0 unspecified atom stereocenters. The first kappa shape index (κ1) is 19.0. The normalized spacial score (nSPS) is 22.9. The first-order valence-electron chi connectivity index (χ1n) is 8.48. The van der Waals surface area contributed by atoms with E-state index in [1.165, 1.54) is 25.1 Å². The summed E-state index contributed by atoms with van der Waals surface area (Å²) in [4.78, 5) is 49.3. The van der Waals surface area contributed by atoms with E-state index in [2.05, 4.69) is 5.32 Å². The molecule has 0 radical (unpaired) electrons. The molecule has 1 saturated heterocycles. The summed E-state index contributed by atoms with van der Waals surface area (Å²) in [5.74, 6) is -2.41. The number of nitro benzene ring substituents is 1. The van der Waals surface area contributed by atoms with Crippen LogP contribution in [0.1, 0.15) is 25.3 Å². The van der Waals surface area contributed by atoms with Crippen LogP contribution in [0.15, 0.2) is 29.3 Å². The Hall–Kier alpha value is -2.74. The maximum absolute atomic E-state index is 12.6. The van der Waals surface area contributed by atoms with Crippen LogP contribution in [0, 0.1) is 28.9 Å². The van der Waals surface area contributed by atoms with Crippen LogP contribution in [0.3, 0.4) is 0 Å². The molecule has 3 rings (SSSR count). The quantitative estimate of drug-likeness (QED) is 0.482. The van der Waals surface area contributed by atoms with Gasteiger partial charge in [-0.05, 0) is 32.8 Å². The summed E-state index contributed by atoms with van der Waals surface area (Å²) >= 11 is 5.99. The van der Waals surface area contributed by atoms with Crippen molar-refractivity contribution >= 4 is 40.7 Å². The van der Waals surface area contributed by atoms with Gasteiger partial charge in [0.2, 0.25) is 17.7 Å². The van der Waals surface area contributed by atoms with Crippen molar-refractivity contribution in [3.05, 3.63) is 45.0 Å². The average molecular weight is 392 g/mol. The van der Waals surface area contributed by atoms with Gasteiger partial charge in [0, 0.05) is 22.3 Å². The fourth-order valence-corrected chi connectivity index (χ4v) is 3.74. The number of imide groups is 1. The minimum atomic E-state index is -1.03. The Morgan fingerprint density at radius 3 is 2.67 bits per heavy atom. The van der Waals surface area contributed by atoms with Crippen molar-refractivity contribution in [3.63, 3.8) is 0 Å². The second-order valence-electron chi connectivity index (χ2n) is 6.77. The minimum absolute atomic E-state index is 0.125. The fourth-order valence-electron chi connectivity index (χ4n) is 3.48. The summed E-state index contributed by atoms with van der Waals surface area (Å²) in [6.07, 6.45) is 2.41. The van der Waals surface area contributed by atoms with E-state index in [-0.39, 0.29) is 17.3 Å². The van der Waals surface area contributed by atoms with Crippen LogP contribution in [0.4, 0.5) is 11.4 Å². The fraction of sp³-hybridized carbons (Fsp3) is 0.389. The van der Waals surface area contributed by atoms with Crippen molar-refractivity contribution in [1.29, 1.82) is 0 Å². The van der Waals surface area contributed by atoms with Crippen molar-refractivity contribution in [1.82, 2.24) is 4.90 Å². The molecule has 9 heteroatoms. The molecule has 142 valence electrons. The number of likely N-dealkylation sites (tertiary alicyclic amines) is 1. The van der Waals surface area contributed by atoms with Crippen LogP contribution in [0.5, 0.6) is 0 Å². The molecule has 0 bridgehead atoms. The molecular weight excluding hydrogens is 374 g/mol. The van der Waals surface area contributed by atoms with E-state index in [1.54, 1.807) is 13.0 Å². The summed E-state index contributed by atoms with van der Waals surface area (Å²) in [5, 5.41) is 14.1. The number of rotatable bonds is 4. The minimum Gasteiger partial charge on any atom is -0.324 e. The summed E-state index contributed by atoms with van der Waals surface area (Å²) in [6.45, 7) is 3.05. The number of nitrogens with one attached hydrogen (secondary N) is 1. The van der Waals surface area contributed by atoms with E-state index in [9.17, 15) is 24.5 Å². The number of amides is 3. The van der Waals surface area contributed by atoms with Gasteiger partial charge in [-0.3, -0.25) is 29.4 Å². The molecule has 1 N–H and O–H groups in total. The Kier molecular flexibility index (Phi) is 5.01. The van der Waals surface area contributed by atoms with Crippen LogP contribution in [0.25, 0.3) is 0 Å². The van der Waals surface area contributed by atoms with Gasteiger partial charge in [-0.25, -0.2) is 0 Å². The molecule has 8 nitrogen and oxygen atoms in total. The monoisotopic (exact) mass is 391 g/mol. The number of nitrogens with zero attached hydrogens (tertiary/aromatic N) is 2. The Labute approximate surface area is 160 Å². The van der Waals surface area contributed by atoms with E-state index in [0.717, 1.165) is 4.90 Å². The molecule has 1 aromatic rings. The van der Waals surface area contributed by atoms with Crippen molar-refractivity contribution in [3.8, 4) is 0 Å². The first-order chi connectivity index (χ1) is 12.7. The highest BCUT2D eigenvalue weighted by molar-refractivity contribution is 6.30. The van der Waals surface area contributed by atoms with Crippen molar-refractivity contribution in [2.24, 2.45) is 11.8 Å². The van der Waals surface area contributed by atoms with E-state index in [1.807, 2.05) is 0 Å². The Bertz CT molecular complexity index is 882. The molecule has 1 heterocycles. The molecule has 0 aromatic heterocycles. The van der Waals surface area contributed by atoms with Crippen LogP contribution in [-0.2, 0) is 14.4 Å².